The third-order valence-electron chi connectivity index (χ3n) is 5.26. The van der Waals surface area contributed by atoms with E-state index in [2.05, 4.69) is 15.5 Å². The van der Waals surface area contributed by atoms with Crippen LogP contribution in [0.25, 0.3) is 0 Å². The van der Waals surface area contributed by atoms with E-state index in [1.165, 1.54) is 6.42 Å². The fraction of sp³-hybridized carbons (Fsp3) is 0.882. The molecule has 3 saturated heterocycles. The molecule has 0 bridgehead atoms. The first-order valence-corrected chi connectivity index (χ1v) is 9.35. The summed E-state index contributed by atoms with van der Waals surface area (Å²) in [6.07, 6.45) is 4.92. The van der Waals surface area contributed by atoms with Crippen LogP contribution in [0.3, 0.4) is 0 Å². The third-order valence-corrected chi connectivity index (χ3v) is 5.26. The Balaban J connectivity index is 1.48. The van der Waals surface area contributed by atoms with Crippen molar-refractivity contribution in [2.75, 3.05) is 52.5 Å². The predicted molar refractivity (Wildman–Crippen MR) is 90.7 cm³/mol. The highest BCUT2D eigenvalue weighted by Gasteiger charge is 2.29. The first-order chi connectivity index (χ1) is 11.7. The van der Waals surface area contributed by atoms with Crippen LogP contribution in [0.4, 0.5) is 4.79 Å². The van der Waals surface area contributed by atoms with Crippen LogP contribution in [0.5, 0.6) is 0 Å². The average molecular weight is 338 g/mol. The minimum absolute atomic E-state index is 0.0391. The number of nitrogens with one attached hydrogen (secondary N) is 2. The van der Waals surface area contributed by atoms with Gasteiger partial charge in [-0.2, -0.15) is 0 Å². The third kappa shape index (κ3) is 4.83. The maximum atomic E-state index is 12.6. The largest absolute Gasteiger partial charge is 0.379 e. The highest BCUT2D eigenvalue weighted by atomic mass is 16.5. The van der Waals surface area contributed by atoms with Gasteiger partial charge in [-0.1, -0.05) is 0 Å². The van der Waals surface area contributed by atoms with E-state index in [1.54, 1.807) is 0 Å². The highest BCUT2D eigenvalue weighted by Crippen LogP contribution is 2.19. The molecular weight excluding hydrogens is 308 g/mol. The van der Waals surface area contributed by atoms with Gasteiger partial charge >= 0.3 is 6.03 Å². The average Bonchev–Trinajstić information content (AvgIpc) is 2.81. The van der Waals surface area contributed by atoms with Crippen molar-refractivity contribution in [1.29, 1.82) is 0 Å². The zero-order valence-corrected chi connectivity index (χ0v) is 14.5. The Morgan fingerprint density at radius 3 is 2.83 bits per heavy atom. The van der Waals surface area contributed by atoms with Gasteiger partial charge in [0.25, 0.3) is 0 Å². The van der Waals surface area contributed by atoms with Gasteiger partial charge in [0, 0.05) is 39.3 Å². The number of nitrogens with zero attached hydrogens (tertiary/aromatic N) is 2. The number of hydrogen-bond acceptors (Lipinski definition) is 4. The summed E-state index contributed by atoms with van der Waals surface area (Å²) in [5.74, 6) is 0.480. The van der Waals surface area contributed by atoms with E-state index >= 15 is 0 Å². The molecule has 0 radical (unpaired) electrons. The normalized spacial score (nSPS) is 29.7. The zero-order chi connectivity index (χ0) is 16.8. The van der Waals surface area contributed by atoms with Crippen LogP contribution < -0.4 is 10.6 Å². The Hall–Kier alpha value is -1.34. The number of urea groups is 1. The summed E-state index contributed by atoms with van der Waals surface area (Å²) < 4.78 is 5.40. The van der Waals surface area contributed by atoms with Gasteiger partial charge < -0.3 is 20.3 Å². The Morgan fingerprint density at radius 1 is 1.17 bits per heavy atom. The summed E-state index contributed by atoms with van der Waals surface area (Å²) in [7, 11) is 0. The molecule has 3 aliphatic heterocycles. The number of amides is 3. The lowest BCUT2D eigenvalue weighted by molar-refractivity contribution is -0.122. The second kappa shape index (κ2) is 8.67. The number of morpholine rings is 1. The molecule has 0 saturated carbocycles. The zero-order valence-electron chi connectivity index (χ0n) is 14.5. The molecule has 24 heavy (non-hydrogen) atoms. The summed E-state index contributed by atoms with van der Waals surface area (Å²) in [6, 6.07) is -0.455. The molecule has 2 atom stereocenters. The minimum Gasteiger partial charge on any atom is -0.379 e. The summed E-state index contributed by atoms with van der Waals surface area (Å²) in [5.41, 5.74) is 0. The van der Waals surface area contributed by atoms with Crippen LogP contribution in [-0.4, -0.2) is 80.3 Å². The van der Waals surface area contributed by atoms with Crippen molar-refractivity contribution in [3.8, 4) is 0 Å². The summed E-state index contributed by atoms with van der Waals surface area (Å²) in [5, 5.41) is 5.82. The standard InChI is InChI=1S/C17H30N4O3/c22-16-15(5-1-2-6-18-16)19-17(23)21-7-3-4-14(13-21)12-20-8-10-24-11-9-20/h14-15H,1-13H2,(H,18,22)(H,19,23)/t14-,15-/m1/s1. The Morgan fingerprint density at radius 2 is 2.00 bits per heavy atom. The lowest BCUT2D eigenvalue weighted by Gasteiger charge is -2.37. The Labute approximate surface area is 144 Å². The Bertz CT molecular complexity index is 440. The van der Waals surface area contributed by atoms with Crippen molar-refractivity contribution < 1.29 is 14.3 Å². The number of carbonyl (C=O) groups excluding carboxylic acids is 2. The Kier molecular flexibility index (Phi) is 6.31. The number of piperidine rings is 1. The van der Waals surface area contributed by atoms with E-state index in [0.29, 0.717) is 5.92 Å². The second-order valence-electron chi connectivity index (χ2n) is 7.16. The molecule has 0 aromatic rings. The summed E-state index contributed by atoms with van der Waals surface area (Å²) in [6.45, 7) is 6.95. The van der Waals surface area contributed by atoms with Gasteiger partial charge in [-0.25, -0.2) is 4.79 Å². The molecule has 3 fully saturated rings. The number of hydrogen-bond donors (Lipinski definition) is 2. The summed E-state index contributed by atoms with van der Waals surface area (Å²) >= 11 is 0. The van der Waals surface area contributed by atoms with Gasteiger partial charge in [0.1, 0.15) is 6.04 Å². The fourth-order valence-corrected chi connectivity index (χ4v) is 3.86. The molecule has 136 valence electrons. The van der Waals surface area contributed by atoms with Gasteiger partial charge in [-0.15, -0.1) is 0 Å². The first-order valence-electron chi connectivity index (χ1n) is 9.35. The van der Waals surface area contributed by atoms with Crippen LogP contribution >= 0.6 is 0 Å². The van der Waals surface area contributed by atoms with Crippen LogP contribution in [0.1, 0.15) is 32.1 Å². The van der Waals surface area contributed by atoms with Crippen molar-refractivity contribution >= 4 is 11.9 Å². The lowest BCUT2D eigenvalue weighted by atomic mass is 9.97. The van der Waals surface area contributed by atoms with Crippen LogP contribution in [0.2, 0.25) is 0 Å². The van der Waals surface area contributed by atoms with E-state index in [-0.39, 0.29) is 18.0 Å². The number of ether oxygens (including phenoxy) is 1. The summed E-state index contributed by atoms with van der Waals surface area (Å²) in [4.78, 5) is 28.9. The van der Waals surface area contributed by atoms with Crippen LogP contribution in [0.15, 0.2) is 0 Å². The molecule has 7 heteroatoms. The van der Waals surface area contributed by atoms with Crippen molar-refractivity contribution in [2.24, 2.45) is 5.92 Å². The van der Waals surface area contributed by atoms with Gasteiger partial charge in [-0.3, -0.25) is 9.69 Å². The molecule has 0 aromatic carbocycles. The minimum atomic E-state index is -0.375. The molecule has 3 amide bonds. The molecule has 0 unspecified atom stereocenters. The number of carbonyl (C=O) groups is 2. The highest BCUT2D eigenvalue weighted by molar-refractivity contribution is 5.87. The molecule has 7 nitrogen and oxygen atoms in total. The molecular formula is C17H30N4O3. The van der Waals surface area contributed by atoms with Gasteiger partial charge in [0.2, 0.25) is 5.91 Å². The molecule has 0 aliphatic carbocycles. The van der Waals surface area contributed by atoms with Crippen LogP contribution in [-0.2, 0) is 9.53 Å². The maximum Gasteiger partial charge on any atom is 0.318 e. The van der Waals surface area contributed by atoms with Gasteiger partial charge in [0.05, 0.1) is 13.2 Å². The van der Waals surface area contributed by atoms with Gasteiger partial charge in [-0.05, 0) is 38.0 Å². The number of rotatable bonds is 3. The molecule has 3 heterocycles. The van der Waals surface area contributed by atoms with Crippen molar-refractivity contribution in [3.05, 3.63) is 0 Å². The molecule has 0 aromatic heterocycles. The SMILES string of the molecule is O=C1NCCCC[C@H]1NC(=O)N1CCC[C@H](CN2CCOCC2)C1. The van der Waals surface area contributed by atoms with E-state index in [0.717, 1.165) is 78.2 Å². The topological polar surface area (TPSA) is 73.9 Å². The van der Waals surface area contributed by atoms with Crippen molar-refractivity contribution in [3.63, 3.8) is 0 Å². The molecule has 3 rings (SSSR count). The van der Waals surface area contributed by atoms with Crippen molar-refractivity contribution in [2.45, 2.75) is 38.1 Å². The molecule has 0 spiro atoms. The monoisotopic (exact) mass is 338 g/mol. The fourth-order valence-electron chi connectivity index (χ4n) is 3.86. The smallest absolute Gasteiger partial charge is 0.318 e. The lowest BCUT2D eigenvalue weighted by Crippen LogP contribution is -2.53. The predicted octanol–water partition coefficient (Wildman–Crippen LogP) is 0.409. The maximum absolute atomic E-state index is 12.6. The quantitative estimate of drug-likeness (QED) is 0.782. The molecule has 2 N–H and O–H groups in total. The van der Waals surface area contributed by atoms with E-state index in [9.17, 15) is 9.59 Å². The van der Waals surface area contributed by atoms with E-state index in [4.69, 9.17) is 4.74 Å². The van der Waals surface area contributed by atoms with E-state index < -0.39 is 0 Å². The van der Waals surface area contributed by atoms with E-state index in [1.807, 2.05) is 4.90 Å². The van der Waals surface area contributed by atoms with Gasteiger partial charge in [0.15, 0.2) is 0 Å². The first kappa shape index (κ1) is 17.5. The number of likely N-dealkylation sites (tertiary alicyclic amines) is 1. The van der Waals surface area contributed by atoms with Crippen molar-refractivity contribution in [1.82, 2.24) is 20.4 Å². The second-order valence-corrected chi connectivity index (χ2v) is 7.16. The molecule has 3 aliphatic rings. The van der Waals surface area contributed by atoms with Crippen LogP contribution in [0, 0.1) is 5.92 Å².